The van der Waals surface area contributed by atoms with E-state index in [1.165, 1.54) is 0 Å². The van der Waals surface area contributed by atoms with Crippen molar-refractivity contribution in [3.63, 3.8) is 0 Å². The second kappa shape index (κ2) is 8.50. The number of nitrogens with zero attached hydrogens (tertiary/aromatic N) is 2. The van der Waals surface area contributed by atoms with Crippen LogP contribution in [0.1, 0.15) is 30.9 Å². The fraction of sp³-hybridized carbons (Fsp3) is 0.400. The smallest absolute Gasteiger partial charge is 0.243 e. The largest absolute Gasteiger partial charge is 0.296 e. The Balaban J connectivity index is 1.66. The molecule has 0 atom stereocenters. The first-order valence-corrected chi connectivity index (χ1v) is 11.2. The van der Waals surface area contributed by atoms with E-state index < -0.39 is 10.0 Å². The Morgan fingerprint density at radius 2 is 1.48 bits per heavy atom. The topological polar surface area (TPSA) is 40.6 Å². The van der Waals surface area contributed by atoms with Gasteiger partial charge in [0.15, 0.2) is 0 Å². The third kappa shape index (κ3) is 4.66. The predicted octanol–water partition coefficient (Wildman–Crippen LogP) is 4.62. The molecule has 0 unspecified atom stereocenters. The van der Waals surface area contributed by atoms with Crippen LogP contribution in [0.4, 0.5) is 0 Å². The van der Waals surface area contributed by atoms with E-state index in [4.69, 9.17) is 23.2 Å². The van der Waals surface area contributed by atoms with E-state index in [1.54, 1.807) is 16.4 Å². The maximum absolute atomic E-state index is 12.9. The Kier molecular flexibility index (Phi) is 6.49. The maximum Gasteiger partial charge on any atom is 0.243 e. The van der Waals surface area contributed by atoms with Gasteiger partial charge in [0.05, 0.1) is 4.90 Å². The second-order valence-electron chi connectivity index (χ2n) is 7.10. The van der Waals surface area contributed by atoms with Crippen molar-refractivity contribution < 1.29 is 8.42 Å². The van der Waals surface area contributed by atoms with Crippen molar-refractivity contribution in [3.05, 3.63) is 63.6 Å². The molecule has 1 aliphatic heterocycles. The number of rotatable bonds is 5. The van der Waals surface area contributed by atoms with Crippen molar-refractivity contribution in [1.29, 1.82) is 0 Å². The highest BCUT2D eigenvalue weighted by Gasteiger charge is 2.28. The highest BCUT2D eigenvalue weighted by Crippen LogP contribution is 2.27. The van der Waals surface area contributed by atoms with Crippen molar-refractivity contribution in [3.8, 4) is 0 Å². The number of piperazine rings is 1. The summed E-state index contributed by atoms with van der Waals surface area (Å²) in [5.74, 6) is 0.377. The monoisotopic (exact) mass is 426 g/mol. The lowest BCUT2D eigenvalue weighted by atomic mass is 10.0. The van der Waals surface area contributed by atoms with E-state index >= 15 is 0 Å². The summed E-state index contributed by atoms with van der Waals surface area (Å²) in [6.07, 6.45) is 0. The van der Waals surface area contributed by atoms with E-state index in [2.05, 4.69) is 18.7 Å². The van der Waals surface area contributed by atoms with E-state index in [-0.39, 0.29) is 0 Å². The molecule has 146 valence electrons. The minimum absolute atomic E-state index is 0.356. The summed E-state index contributed by atoms with van der Waals surface area (Å²) >= 11 is 12.5. The second-order valence-corrected chi connectivity index (χ2v) is 9.86. The predicted molar refractivity (Wildman–Crippen MR) is 111 cm³/mol. The molecule has 0 aromatic heterocycles. The van der Waals surface area contributed by atoms with Crippen molar-refractivity contribution in [2.75, 3.05) is 26.2 Å². The van der Waals surface area contributed by atoms with Gasteiger partial charge in [-0.2, -0.15) is 4.31 Å². The van der Waals surface area contributed by atoms with Crippen LogP contribution in [0, 0.1) is 0 Å². The highest BCUT2D eigenvalue weighted by atomic mass is 35.5. The van der Waals surface area contributed by atoms with E-state index in [0.717, 1.165) is 11.1 Å². The summed E-state index contributed by atoms with van der Waals surface area (Å²) in [6.45, 7) is 7.00. The summed E-state index contributed by atoms with van der Waals surface area (Å²) in [7, 11) is -3.46. The lowest BCUT2D eigenvalue weighted by Crippen LogP contribution is -2.48. The van der Waals surface area contributed by atoms with Crippen LogP contribution in [0.15, 0.2) is 47.4 Å². The van der Waals surface area contributed by atoms with Crippen molar-refractivity contribution in [1.82, 2.24) is 9.21 Å². The molecule has 1 heterocycles. The molecule has 4 nitrogen and oxygen atoms in total. The molecule has 2 aromatic rings. The van der Waals surface area contributed by atoms with Crippen LogP contribution in [0.5, 0.6) is 0 Å². The van der Waals surface area contributed by atoms with Gasteiger partial charge in [-0.1, -0.05) is 55.2 Å². The molecule has 27 heavy (non-hydrogen) atoms. The average Bonchev–Trinajstić information content (AvgIpc) is 2.65. The lowest BCUT2D eigenvalue weighted by molar-refractivity contribution is 0.181. The summed E-state index contributed by atoms with van der Waals surface area (Å²) < 4.78 is 27.4. The quantitative estimate of drug-likeness (QED) is 0.699. The Hall–Kier alpha value is -1.11. The van der Waals surface area contributed by atoms with Gasteiger partial charge in [0.25, 0.3) is 0 Å². The van der Waals surface area contributed by atoms with Gasteiger partial charge in [0, 0.05) is 48.3 Å². The van der Waals surface area contributed by atoms with Gasteiger partial charge in [-0.05, 0) is 35.7 Å². The molecule has 1 saturated heterocycles. The summed E-state index contributed by atoms with van der Waals surface area (Å²) in [5.41, 5.74) is 2.02. The Labute approximate surface area is 171 Å². The number of hydrogen-bond acceptors (Lipinski definition) is 3. The zero-order valence-electron chi connectivity index (χ0n) is 15.5. The molecule has 2 aromatic carbocycles. The number of hydrogen-bond donors (Lipinski definition) is 0. The lowest BCUT2D eigenvalue weighted by Gasteiger charge is -2.34. The van der Waals surface area contributed by atoms with Gasteiger partial charge >= 0.3 is 0 Å². The first-order chi connectivity index (χ1) is 12.8. The maximum atomic E-state index is 12.9. The zero-order valence-corrected chi connectivity index (χ0v) is 17.9. The molecule has 0 spiro atoms. The third-order valence-electron chi connectivity index (χ3n) is 4.96. The van der Waals surface area contributed by atoms with Gasteiger partial charge in [-0.15, -0.1) is 0 Å². The fourth-order valence-corrected chi connectivity index (χ4v) is 5.15. The molecular formula is C20H24Cl2N2O2S. The molecule has 0 bridgehead atoms. The van der Waals surface area contributed by atoms with Crippen LogP contribution in [0.25, 0.3) is 0 Å². The van der Waals surface area contributed by atoms with Crippen LogP contribution in [0.2, 0.25) is 10.0 Å². The van der Waals surface area contributed by atoms with Crippen LogP contribution in [0.3, 0.4) is 0 Å². The van der Waals surface area contributed by atoms with Gasteiger partial charge in [0.1, 0.15) is 0 Å². The van der Waals surface area contributed by atoms with E-state index in [1.807, 2.05) is 30.3 Å². The fourth-order valence-electron chi connectivity index (χ4n) is 3.21. The molecular weight excluding hydrogens is 403 g/mol. The Morgan fingerprint density at radius 3 is 2.00 bits per heavy atom. The van der Waals surface area contributed by atoms with Crippen molar-refractivity contribution in [2.45, 2.75) is 31.2 Å². The molecule has 0 amide bonds. The SMILES string of the molecule is CC(C)c1ccc(S(=O)(=O)N2CCN(Cc3c(Cl)cccc3Cl)CC2)cc1. The third-order valence-corrected chi connectivity index (χ3v) is 7.58. The summed E-state index contributed by atoms with van der Waals surface area (Å²) in [5, 5.41) is 1.28. The minimum atomic E-state index is -3.46. The van der Waals surface area contributed by atoms with E-state index in [9.17, 15) is 8.42 Å². The Bertz CT molecular complexity index is 870. The Morgan fingerprint density at radius 1 is 0.926 bits per heavy atom. The average molecular weight is 427 g/mol. The van der Waals surface area contributed by atoms with Gasteiger partial charge in [-0.3, -0.25) is 4.90 Å². The molecule has 1 fully saturated rings. The standard InChI is InChI=1S/C20H24Cl2N2O2S/c1-15(2)16-6-8-17(9-7-16)27(25,26)24-12-10-23(11-13-24)14-18-19(21)4-3-5-20(18)22/h3-9,15H,10-14H2,1-2H3. The van der Waals surface area contributed by atoms with Gasteiger partial charge in [-0.25, -0.2) is 8.42 Å². The van der Waals surface area contributed by atoms with Gasteiger partial charge in [0.2, 0.25) is 10.0 Å². The highest BCUT2D eigenvalue weighted by molar-refractivity contribution is 7.89. The van der Waals surface area contributed by atoms with E-state index in [0.29, 0.717) is 53.6 Å². The molecule has 7 heteroatoms. The zero-order chi connectivity index (χ0) is 19.6. The number of sulfonamides is 1. The van der Waals surface area contributed by atoms with Crippen LogP contribution in [-0.4, -0.2) is 43.8 Å². The van der Waals surface area contributed by atoms with Crippen molar-refractivity contribution in [2.24, 2.45) is 0 Å². The first kappa shape index (κ1) is 20.6. The van der Waals surface area contributed by atoms with Crippen LogP contribution in [-0.2, 0) is 16.6 Å². The molecule has 0 aliphatic carbocycles. The summed E-state index contributed by atoms with van der Waals surface area (Å²) in [4.78, 5) is 2.54. The van der Waals surface area contributed by atoms with Gasteiger partial charge < -0.3 is 0 Å². The van der Waals surface area contributed by atoms with Crippen LogP contribution < -0.4 is 0 Å². The molecule has 0 saturated carbocycles. The minimum Gasteiger partial charge on any atom is -0.296 e. The first-order valence-electron chi connectivity index (χ1n) is 9.04. The van der Waals surface area contributed by atoms with Crippen LogP contribution >= 0.6 is 23.2 Å². The molecule has 0 radical (unpaired) electrons. The number of halogens is 2. The molecule has 0 N–H and O–H groups in total. The molecule has 1 aliphatic rings. The molecule has 3 rings (SSSR count). The normalized spacial score (nSPS) is 16.8. The number of benzene rings is 2. The van der Waals surface area contributed by atoms with Crippen molar-refractivity contribution >= 4 is 33.2 Å². The summed E-state index contributed by atoms with van der Waals surface area (Å²) in [6, 6.07) is 12.7.